The van der Waals surface area contributed by atoms with E-state index < -0.39 is 0 Å². The molecule has 1 unspecified atom stereocenters. The molecule has 1 aromatic rings. The van der Waals surface area contributed by atoms with E-state index in [9.17, 15) is 4.79 Å². The Hall–Kier alpha value is -1.46. The number of nitrogens with zero attached hydrogens (tertiary/aromatic N) is 1. The molecule has 0 aliphatic rings. The highest BCUT2D eigenvalue weighted by Crippen LogP contribution is 2.01. The van der Waals surface area contributed by atoms with E-state index in [1.165, 1.54) is 0 Å². The summed E-state index contributed by atoms with van der Waals surface area (Å²) < 4.78 is 4.95. The monoisotopic (exact) mass is 251 g/mol. The van der Waals surface area contributed by atoms with E-state index in [1.807, 2.05) is 26.0 Å². The second kappa shape index (κ2) is 7.79. The SMILES string of the molecule is COCC(C)NC(=O)CNCc1ncccc1C. The lowest BCUT2D eigenvalue weighted by atomic mass is 10.2. The van der Waals surface area contributed by atoms with Gasteiger partial charge in [-0.25, -0.2) is 0 Å². The molecule has 1 atom stereocenters. The fraction of sp³-hybridized carbons (Fsp3) is 0.538. The van der Waals surface area contributed by atoms with Crippen LogP contribution >= 0.6 is 0 Å². The van der Waals surface area contributed by atoms with Crippen molar-refractivity contribution in [2.24, 2.45) is 0 Å². The normalized spacial score (nSPS) is 12.2. The zero-order chi connectivity index (χ0) is 13.4. The van der Waals surface area contributed by atoms with Crippen LogP contribution in [0.25, 0.3) is 0 Å². The van der Waals surface area contributed by atoms with Crippen LogP contribution < -0.4 is 10.6 Å². The lowest BCUT2D eigenvalue weighted by Gasteiger charge is -2.13. The maximum Gasteiger partial charge on any atom is 0.234 e. The van der Waals surface area contributed by atoms with Gasteiger partial charge in [0, 0.05) is 25.9 Å². The number of aromatic nitrogens is 1. The number of amides is 1. The second-order valence-corrected chi connectivity index (χ2v) is 4.29. The van der Waals surface area contributed by atoms with E-state index in [-0.39, 0.29) is 18.5 Å². The van der Waals surface area contributed by atoms with E-state index in [2.05, 4.69) is 15.6 Å². The van der Waals surface area contributed by atoms with Crippen LogP contribution in [-0.2, 0) is 16.1 Å². The molecule has 0 spiro atoms. The van der Waals surface area contributed by atoms with Gasteiger partial charge in [-0.3, -0.25) is 9.78 Å². The molecule has 5 heteroatoms. The molecular formula is C13H21N3O2. The molecule has 1 amide bonds. The first kappa shape index (κ1) is 14.6. The van der Waals surface area contributed by atoms with Crippen molar-refractivity contribution in [1.82, 2.24) is 15.6 Å². The third kappa shape index (κ3) is 5.25. The Kier molecular flexibility index (Phi) is 6.32. The van der Waals surface area contributed by atoms with Gasteiger partial charge in [0.05, 0.1) is 18.8 Å². The van der Waals surface area contributed by atoms with Crippen molar-refractivity contribution < 1.29 is 9.53 Å². The number of nitrogens with one attached hydrogen (secondary N) is 2. The Morgan fingerprint density at radius 2 is 2.33 bits per heavy atom. The molecule has 0 aromatic carbocycles. The van der Waals surface area contributed by atoms with Crippen molar-refractivity contribution in [2.75, 3.05) is 20.3 Å². The van der Waals surface area contributed by atoms with Crippen LogP contribution in [0.2, 0.25) is 0 Å². The number of rotatable bonds is 7. The van der Waals surface area contributed by atoms with Gasteiger partial charge < -0.3 is 15.4 Å². The van der Waals surface area contributed by atoms with E-state index in [4.69, 9.17) is 4.74 Å². The molecule has 1 aromatic heterocycles. The molecule has 5 nitrogen and oxygen atoms in total. The third-order valence-corrected chi connectivity index (χ3v) is 2.52. The van der Waals surface area contributed by atoms with Gasteiger partial charge >= 0.3 is 0 Å². The Balaban J connectivity index is 2.25. The number of carbonyl (C=O) groups is 1. The number of methoxy groups -OCH3 is 1. The molecule has 100 valence electrons. The van der Waals surface area contributed by atoms with Gasteiger partial charge in [0.25, 0.3) is 0 Å². The summed E-state index contributed by atoms with van der Waals surface area (Å²) in [5, 5.41) is 5.91. The van der Waals surface area contributed by atoms with Crippen molar-refractivity contribution in [3.8, 4) is 0 Å². The van der Waals surface area contributed by atoms with Crippen molar-refractivity contribution in [3.63, 3.8) is 0 Å². The predicted molar refractivity (Wildman–Crippen MR) is 70.2 cm³/mol. The van der Waals surface area contributed by atoms with Crippen LogP contribution in [0.3, 0.4) is 0 Å². The summed E-state index contributed by atoms with van der Waals surface area (Å²) in [5.74, 6) is -0.0341. The van der Waals surface area contributed by atoms with Crippen molar-refractivity contribution in [1.29, 1.82) is 0 Å². The van der Waals surface area contributed by atoms with Crippen molar-refractivity contribution >= 4 is 5.91 Å². The third-order valence-electron chi connectivity index (χ3n) is 2.52. The molecule has 0 aliphatic carbocycles. The summed E-state index contributed by atoms with van der Waals surface area (Å²) >= 11 is 0. The average molecular weight is 251 g/mol. The van der Waals surface area contributed by atoms with Crippen molar-refractivity contribution in [2.45, 2.75) is 26.4 Å². The number of hydrogen-bond acceptors (Lipinski definition) is 4. The number of ether oxygens (including phenoxy) is 1. The maximum atomic E-state index is 11.6. The Labute approximate surface area is 108 Å². The molecule has 2 N–H and O–H groups in total. The van der Waals surface area contributed by atoms with Crippen LogP contribution in [-0.4, -0.2) is 37.2 Å². The molecule has 18 heavy (non-hydrogen) atoms. The van der Waals surface area contributed by atoms with E-state index >= 15 is 0 Å². The van der Waals surface area contributed by atoms with Gasteiger partial charge in [0.2, 0.25) is 5.91 Å². The Morgan fingerprint density at radius 3 is 3.00 bits per heavy atom. The largest absolute Gasteiger partial charge is 0.383 e. The summed E-state index contributed by atoms with van der Waals surface area (Å²) in [6.07, 6.45) is 1.75. The number of aryl methyl sites for hydroxylation is 1. The summed E-state index contributed by atoms with van der Waals surface area (Å²) in [6, 6.07) is 3.93. The van der Waals surface area contributed by atoms with E-state index in [0.717, 1.165) is 11.3 Å². The first-order valence-corrected chi connectivity index (χ1v) is 6.03. The van der Waals surface area contributed by atoms with Crippen LogP contribution in [0.4, 0.5) is 0 Å². The Bertz CT molecular complexity index is 382. The van der Waals surface area contributed by atoms with Crippen LogP contribution in [0.1, 0.15) is 18.2 Å². The summed E-state index contributed by atoms with van der Waals surface area (Å²) in [7, 11) is 1.62. The van der Waals surface area contributed by atoms with E-state index in [0.29, 0.717) is 13.2 Å². The molecule has 0 radical (unpaired) electrons. The standard InChI is InChI=1S/C13H21N3O2/c1-10-5-4-6-15-12(10)7-14-8-13(17)16-11(2)9-18-3/h4-6,11,14H,7-9H2,1-3H3,(H,16,17). The Morgan fingerprint density at radius 1 is 1.56 bits per heavy atom. The number of pyridine rings is 1. The van der Waals surface area contributed by atoms with Gasteiger partial charge in [-0.1, -0.05) is 6.07 Å². The topological polar surface area (TPSA) is 63.2 Å². The van der Waals surface area contributed by atoms with Gasteiger partial charge in [0.15, 0.2) is 0 Å². The first-order valence-electron chi connectivity index (χ1n) is 6.03. The maximum absolute atomic E-state index is 11.6. The molecule has 1 rings (SSSR count). The first-order chi connectivity index (χ1) is 8.63. The highest BCUT2D eigenvalue weighted by Gasteiger charge is 2.06. The molecule has 0 fully saturated rings. The molecule has 1 heterocycles. The zero-order valence-electron chi connectivity index (χ0n) is 11.2. The average Bonchev–Trinajstić information content (AvgIpc) is 2.31. The van der Waals surface area contributed by atoms with Gasteiger partial charge in [0.1, 0.15) is 0 Å². The summed E-state index contributed by atoms with van der Waals surface area (Å²) in [6.45, 7) is 5.31. The number of hydrogen-bond donors (Lipinski definition) is 2. The van der Waals surface area contributed by atoms with Crippen LogP contribution in [0.5, 0.6) is 0 Å². The van der Waals surface area contributed by atoms with E-state index in [1.54, 1.807) is 13.3 Å². The minimum absolute atomic E-state index is 0.0286. The molecular weight excluding hydrogens is 230 g/mol. The van der Waals surface area contributed by atoms with Crippen LogP contribution in [0.15, 0.2) is 18.3 Å². The highest BCUT2D eigenvalue weighted by molar-refractivity contribution is 5.78. The lowest BCUT2D eigenvalue weighted by Crippen LogP contribution is -2.40. The molecule has 0 bridgehead atoms. The molecule has 0 saturated carbocycles. The van der Waals surface area contributed by atoms with Gasteiger partial charge in [-0.15, -0.1) is 0 Å². The quantitative estimate of drug-likeness (QED) is 0.746. The summed E-state index contributed by atoms with van der Waals surface area (Å²) in [5.41, 5.74) is 2.09. The fourth-order valence-electron chi connectivity index (χ4n) is 1.62. The lowest BCUT2D eigenvalue weighted by molar-refractivity contribution is -0.121. The van der Waals surface area contributed by atoms with Gasteiger partial charge in [-0.05, 0) is 25.5 Å². The smallest absolute Gasteiger partial charge is 0.234 e. The zero-order valence-corrected chi connectivity index (χ0v) is 11.2. The number of carbonyl (C=O) groups excluding carboxylic acids is 1. The highest BCUT2D eigenvalue weighted by atomic mass is 16.5. The van der Waals surface area contributed by atoms with Crippen molar-refractivity contribution in [3.05, 3.63) is 29.6 Å². The second-order valence-electron chi connectivity index (χ2n) is 4.29. The fourth-order valence-corrected chi connectivity index (χ4v) is 1.62. The van der Waals surface area contributed by atoms with Gasteiger partial charge in [-0.2, -0.15) is 0 Å². The summed E-state index contributed by atoms with van der Waals surface area (Å²) in [4.78, 5) is 15.8. The molecule has 0 saturated heterocycles. The minimum atomic E-state index is -0.0341. The molecule has 0 aliphatic heterocycles. The minimum Gasteiger partial charge on any atom is -0.383 e. The van der Waals surface area contributed by atoms with Crippen LogP contribution in [0, 0.1) is 6.92 Å². The predicted octanol–water partition coefficient (Wildman–Crippen LogP) is 0.631.